The molecular formula is C15H11ClN4O2. The van der Waals surface area contributed by atoms with E-state index in [0.29, 0.717) is 11.4 Å². The summed E-state index contributed by atoms with van der Waals surface area (Å²) in [4.78, 5) is 23.7. The number of nitrogens with one attached hydrogen (secondary N) is 2. The molecule has 0 fully saturated rings. The molecule has 0 saturated carbocycles. The molecule has 0 unspecified atom stereocenters. The van der Waals surface area contributed by atoms with Crippen molar-refractivity contribution in [2.45, 2.75) is 0 Å². The van der Waals surface area contributed by atoms with Gasteiger partial charge in [0.05, 0.1) is 22.0 Å². The standard InChI is InChI=1S/C15H11ClN4O2/c16-11-7-10(5-6-12(11)18)19-14(21)15(22)20-13-4-2-1-3-9(13)8-17/h1-7H,18H2,(H,19,21)(H,20,22). The van der Waals surface area contributed by atoms with Gasteiger partial charge in [0.2, 0.25) is 0 Å². The minimum absolute atomic E-state index is 0.263. The van der Waals surface area contributed by atoms with Gasteiger partial charge in [0, 0.05) is 5.69 Å². The van der Waals surface area contributed by atoms with Crippen LogP contribution in [0.2, 0.25) is 5.02 Å². The number of rotatable bonds is 2. The SMILES string of the molecule is N#Cc1ccccc1NC(=O)C(=O)Nc1ccc(N)c(Cl)c1. The summed E-state index contributed by atoms with van der Waals surface area (Å²) in [6.07, 6.45) is 0. The fourth-order valence-corrected chi connectivity index (χ4v) is 1.84. The van der Waals surface area contributed by atoms with Crippen molar-refractivity contribution in [2.75, 3.05) is 16.4 Å². The van der Waals surface area contributed by atoms with Gasteiger partial charge in [-0.1, -0.05) is 23.7 Å². The van der Waals surface area contributed by atoms with Crippen molar-refractivity contribution in [3.63, 3.8) is 0 Å². The zero-order valence-corrected chi connectivity index (χ0v) is 12.0. The predicted octanol–water partition coefficient (Wildman–Crippen LogP) is 2.37. The van der Waals surface area contributed by atoms with Gasteiger partial charge < -0.3 is 16.4 Å². The maximum atomic E-state index is 11.8. The average molecular weight is 315 g/mol. The lowest BCUT2D eigenvalue weighted by Crippen LogP contribution is -2.29. The minimum Gasteiger partial charge on any atom is -0.398 e. The van der Waals surface area contributed by atoms with E-state index < -0.39 is 11.8 Å². The van der Waals surface area contributed by atoms with E-state index >= 15 is 0 Å². The van der Waals surface area contributed by atoms with Gasteiger partial charge in [-0.3, -0.25) is 9.59 Å². The molecule has 0 atom stereocenters. The topological polar surface area (TPSA) is 108 Å². The largest absolute Gasteiger partial charge is 0.398 e. The molecule has 0 spiro atoms. The fourth-order valence-electron chi connectivity index (χ4n) is 1.66. The van der Waals surface area contributed by atoms with Crippen molar-refractivity contribution in [3.8, 4) is 6.07 Å². The highest BCUT2D eigenvalue weighted by molar-refractivity contribution is 6.44. The van der Waals surface area contributed by atoms with Crippen LogP contribution in [0.3, 0.4) is 0 Å². The number of para-hydroxylation sites is 1. The second-order valence-corrected chi connectivity index (χ2v) is 4.71. The molecule has 2 amide bonds. The number of nitrogens with zero attached hydrogens (tertiary/aromatic N) is 1. The van der Waals surface area contributed by atoms with Crippen molar-refractivity contribution in [1.29, 1.82) is 5.26 Å². The highest BCUT2D eigenvalue weighted by atomic mass is 35.5. The van der Waals surface area contributed by atoms with E-state index in [9.17, 15) is 9.59 Å². The first-order chi connectivity index (χ1) is 10.5. The monoisotopic (exact) mass is 314 g/mol. The number of hydrogen-bond acceptors (Lipinski definition) is 4. The van der Waals surface area contributed by atoms with E-state index in [2.05, 4.69) is 10.6 Å². The van der Waals surface area contributed by atoms with Crippen LogP contribution in [0.15, 0.2) is 42.5 Å². The smallest absolute Gasteiger partial charge is 0.314 e. The first-order valence-electron chi connectivity index (χ1n) is 6.17. The van der Waals surface area contributed by atoms with E-state index in [1.807, 2.05) is 6.07 Å². The molecule has 0 bridgehead atoms. The number of carbonyl (C=O) groups excluding carboxylic acids is 2. The summed E-state index contributed by atoms with van der Waals surface area (Å²) in [6.45, 7) is 0. The normalized spacial score (nSPS) is 9.64. The summed E-state index contributed by atoms with van der Waals surface area (Å²) in [5.41, 5.74) is 6.79. The predicted molar refractivity (Wildman–Crippen MR) is 84.3 cm³/mol. The zero-order valence-electron chi connectivity index (χ0n) is 11.3. The summed E-state index contributed by atoms with van der Waals surface area (Å²) < 4.78 is 0. The second-order valence-electron chi connectivity index (χ2n) is 4.30. The Labute approximate surface area is 131 Å². The van der Waals surface area contributed by atoms with Crippen LogP contribution in [0.1, 0.15) is 5.56 Å². The molecule has 110 valence electrons. The molecule has 4 N–H and O–H groups in total. The highest BCUT2D eigenvalue weighted by Crippen LogP contribution is 2.22. The number of amides is 2. The molecule has 2 aromatic rings. The number of halogens is 1. The Morgan fingerprint density at radius 2 is 1.77 bits per heavy atom. The Balaban J connectivity index is 2.08. The molecule has 22 heavy (non-hydrogen) atoms. The van der Waals surface area contributed by atoms with Gasteiger partial charge in [0.15, 0.2) is 0 Å². The third-order valence-electron chi connectivity index (χ3n) is 2.76. The lowest BCUT2D eigenvalue weighted by atomic mass is 10.2. The number of hydrogen-bond donors (Lipinski definition) is 3. The van der Waals surface area contributed by atoms with Crippen LogP contribution in [-0.4, -0.2) is 11.8 Å². The third-order valence-corrected chi connectivity index (χ3v) is 3.09. The number of anilines is 3. The van der Waals surface area contributed by atoms with Crippen LogP contribution in [0.5, 0.6) is 0 Å². The molecule has 0 radical (unpaired) electrons. The van der Waals surface area contributed by atoms with Gasteiger partial charge in [0.25, 0.3) is 0 Å². The van der Waals surface area contributed by atoms with Gasteiger partial charge in [-0.05, 0) is 30.3 Å². The van der Waals surface area contributed by atoms with Crippen LogP contribution >= 0.6 is 11.6 Å². The lowest BCUT2D eigenvalue weighted by Gasteiger charge is -2.08. The number of benzene rings is 2. The van der Waals surface area contributed by atoms with Crippen molar-refractivity contribution >= 4 is 40.5 Å². The van der Waals surface area contributed by atoms with Crippen molar-refractivity contribution in [1.82, 2.24) is 0 Å². The van der Waals surface area contributed by atoms with E-state index in [1.54, 1.807) is 12.1 Å². The molecule has 0 aliphatic rings. The van der Waals surface area contributed by atoms with Gasteiger partial charge in [0.1, 0.15) is 6.07 Å². The Bertz CT molecular complexity index is 783. The zero-order chi connectivity index (χ0) is 16.1. The van der Waals surface area contributed by atoms with E-state index in [4.69, 9.17) is 22.6 Å². The minimum atomic E-state index is -0.893. The molecule has 0 heterocycles. The van der Waals surface area contributed by atoms with Gasteiger partial charge in [-0.15, -0.1) is 0 Å². The molecule has 6 nitrogen and oxygen atoms in total. The average Bonchev–Trinajstić information content (AvgIpc) is 2.51. The van der Waals surface area contributed by atoms with Crippen LogP contribution in [0, 0.1) is 11.3 Å². The second kappa shape index (κ2) is 6.61. The maximum Gasteiger partial charge on any atom is 0.314 e. The Kier molecular flexibility index (Phi) is 4.61. The van der Waals surface area contributed by atoms with E-state index in [-0.39, 0.29) is 16.3 Å². The lowest BCUT2D eigenvalue weighted by molar-refractivity contribution is -0.133. The first kappa shape index (κ1) is 15.4. The van der Waals surface area contributed by atoms with Gasteiger partial charge in [-0.2, -0.15) is 5.26 Å². The van der Waals surface area contributed by atoms with Gasteiger partial charge >= 0.3 is 11.8 Å². The van der Waals surface area contributed by atoms with E-state index in [1.165, 1.54) is 30.3 Å². The summed E-state index contributed by atoms with van der Waals surface area (Å²) >= 11 is 5.83. The molecule has 2 aromatic carbocycles. The van der Waals surface area contributed by atoms with Crippen molar-refractivity contribution < 1.29 is 9.59 Å². The Hall–Kier alpha value is -3.04. The number of nitrogens with two attached hydrogens (primary N) is 1. The van der Waals surface area contributed by atoms with Gasteiger partial charge in [-0.25, -0.2) is 0 Å². The van der Waals surface area contributed by atoms with Crippen LogP contribution in [-0.2, 0) is 9.59 Å². The molecule has 0 aliphatic carbocycles. The number of nitrogen functional groups attached to an aromatic ring is 1. The third kappa shape index (κ3) is 3.53. The highest BCUT2D eigenvalue weighted by Gasteiger charge is 2.15. The number of nitriles is 1. The molecule has 0 aromatic heterocycles. The van der Waals surface area contributed by atoms with Crippen LogP contribution < -0.4 is 16.4 Å². The summed E-state index contributed by atoms with van der Waals surface area (Å²) in [5, 5.41) is 14.0. The first-order valence-corrected chi connectivity index (χ1v) is 6.55. The fraction of sp³-hybridized carbons (Fsp3) is 0. The summed E-state index contributed by atoms with van der Waals surface area (Å²) in [7, 11) is 0. The van der Waals surface area contributed by atoms with E-state index in [0.717, 1.165) is 0 Å². The molecular weight excluding hydrogens is 304 g/mol. The Morgan fingerprint density at radius 1 is 1.09 bits per heavy atom. The summed E-state index contributed by atoms with van der Waals surface area (Å²) in [5.74, 6) is -1.77. The van der Waals surface area contributed by atoms with Crippen molar-refractivity contribution in [3.05, 3.63) is 53.1 Å². The Morgan fingerprint density at radius 3 is 2.45 bits per heavy atom. The number of carbonyl (C=O) groups is 2. The quantitative estimate of drug-likeness (QED) is 0.584. The van der Waals surface area contributed by atoms with Crippen molar-refractivity contribution in [2.24, 2.45) is 0 Å². The molecule has 0 saturated heterocycles. The molecule has 2 rings (SSSR count). The van der Waals surface area contributed by atoms with Crippen LogP contribution in [0.25, 0.3) is 0 Å². The van der Waals surface area contributed by atoms with Crippen LogP contribution in [0.4, 0.5) is 17.1 Å². The molecule has 0 aliphatic heterocycles. The summed E-state index contributed by atoms with van der Waals surface area (Å²) in [6, 6.07) is 12.8. The molecule has 7 heteroatoms. The maximum absolute atomic E-state index is 11.8.